The van der Waals surface area contributed by atoms with Gasteiger partial charge >= 0.3 is 6.09 Å². The van der Waals surface area contributed by atoms with Crippen molar-refractivity contribution in [3.63, 3.8) is 0 Å². The van der Waals surface area contributed by atoms with Gasteiger partial charge in [-0.1, -0.05) is 132 Å². The third-order valence-corrected chi connectivity index (χ3v) is 10.2. The number of ether oxygens (including phenoxy) is 3. The van der Waals surface area contributed by atoms with E-state index < -0.39 is 10.1 Å². The third-order valence-electron chi connectivity index (χ3n) is 8.71. The fourth-order valence-electron chi connectivity index (χ4n) is 5.71. The van der Waals surface area contributed by atoms with Gasteiger partial charge in [-0.2, -0.15) is 4.57 Å². The minimum absolute atomic E-state index is 0.138. The second-order valence-electron chi connectivity index (χ2n) is 13.2. The minimum Gasteiger partial charge on any atom is -0.744 e. The summed E-state index contributed by atoms with van der Waals surface area (Å²) in [5.41, 5.74) is 3.07. The molecule has 1 aliphatic heterocycles. The Kier molecular flexibility index (Phi) is 24.3. The number of nitrogens with one attached hydrogen (secondary N) is 1. The van der Waals surface area contributed by atoms with E-state index in [2.05, 4.69) is 33.9 Å². The van der Waals surface area contributed by atoms with Crippen LogP contribution in [0.15, 0.2) is 46.2 Å². The van der Waals surface area contributed by atoms with Gasteiger partial charge in [-0.15, -0.1) is 0 Å². The summed E-state index contributed by atoms with van der Waals surface area (Å²) in [6, 6.07) is 5.78. The highest BCUT2D eigenvalue weighted by Gasteiger charge is 2.26. The van der Waals surface area contributed by atoms with Crippen molar-refractivity contribution >= 4 is 27.5 Å². The van der Waals surface area contributed by atoms with Crippen LogP contribution in [0.3, 0.4) is 0 Å². The zero-order valence-corrected chi connectivity index (χ0v) is 31.9. The molecule has 0 saturated carbocycles. The Labute approximate surface area is 301 Å². The van der Waals surface area contributed by atoms with Gasteiger partial charge in [-0.3, -0.25) is 0 Å². The molecule has 0 aliphatic carbocycles. The normalized spacial score (nSPS) is 15.9. The molecule has 280 valence electrons. The molecule has 0 radical (unpaired) electrons. The van der Waals surface area contributed by atoms with Crippen molar-refractivity contribution in [2.45, 2.75) is 166 Å². The van der Waals surface area contributed by atoms with Gasteiger partial charge in [0.2, 0.25) is 5.51 Å². The van der Waals surface area contributed by atoms with Crippen LogP contribution < -0.4 is 9.88 Å². The minimum atomic E-state index is -4.27. The number of carbonyl (C=O) groups excluding carboxylic acids is 1. The summed E-state index contributed by atoms with van der Waals surface area (Å²) in [6.07, 6.45) is 27.5. The summed E-state index contributed by atoms with van der Waals surface area (Å²) < 4.78 is 50.4. The molecule has 2 atom stereocenters. The number of aryl methyl sites for hydroxylation is 2. The molecule has 1 aromatic heterocycles. The van der Waals surface area contributed by atoms with Crippen LogP contribution in [-0.2, 0) is 30.9 Å². The number of amides is 1. The fraction of sp³-hybridized carbons (Fsp3) is 0.737. The molecule has 9 nitrogen and oxygen atoms in total. The van der Waals surface area contributed by atoms with Gasteiger partial charge in [0.1, 0.15) is 29.4 Å². The van der Waals surface area contributed by atoms with Crippen LogP contribution in [0.2, 0.25) is 0 Å². The lowest BCUT2D eigenvalue weighted by Crippen LogP contribution is -2.30. The first kappa shape index (κ1) is 43.1. The molecule has 1 N–H and O–H groups in total. The van der Waals surface area contributed by atoms with Gasteiger partial charge in [0, 0.05) is 13.0 Å². The van der Waals surface area contributed by atoms with E-state index in [9.17, 15) is 17.8 Å². The Morgan fingerprint density at radius 1 is 0.878 bits per heavy atom. The van der Waals surface area contributed by atoms with Crippen molar-refractivity contribution in [2.75, 3.05) is 19.8 Å². The SMILES string of the molecule is CCCCCCCCCCCCCCCCC[C@H]1OC[C@H](COC(=O)NCCCCCC[n+]2ccsc2)O1.Cc1ccc(S(=O)(=O)[O-])cc1. The number of benzene rings is 1. The van der Waals surface area contributed by atoms with Crippen LogP contribution in [-0.4, -0.2) is 51.2 Å². The third kappa shape index (κ3) is 23.1. The molecule has 0 bridgehead atoms. The number of carbonyl (C=O) groups is 1. The molecule has 11 heteroatoms. The molecule has 0 unspecified atom stereocenters. The second kappa shape index (κ2) is 27.6. The quantitative estimate of drug-likeness (QED) is 0.0584. The standard InChI is InChI=1S/C31H56N2O4S.C7H8O3S/c1-2-3-4-5-6-7-8-9-10-11-12-13-14-15-18-21-30-35-26-29(37-30)27-36-31(34)32-22-19-16-17-20-23-33-24-25-38-28-33;1-6-2-4-7(5-3-6)11(8,9)10/h24-25,28-30H,2-23,26-27H2,1H3;2-5H,1H3,(H,8,9,10)/t29-,30+;/m1./s1. The number of unbranched alkanes of at least 4 members (excludes halogenated alkanes) is 17. The summed E-state index contributed by atoms with van der Waals surface area (Å²) in [5, 5.41) is 4.94. The zero-order valence-electron chi connectivity index (χ0n) is 30.3. The largest absolute Gasteiger partial charge is 0.744 e. The average Bonchev–Trinajstić information content (AvgIpc) is 3.78. The van der Waals surface area contributed by atoms with Gasteiger partial charge in [-0.05, 0) is 44.7 Å². The predicted octanol–water partition coefficient (Wildman–Crippen LogP) is 9.22. The van der Waals surface area contributed by atoms with Crippen LogP contribution in [0, 0.1) is 6.92 Å². The first-order valence-corrected chi connectivity index (χ1v) is 21.2. The Morgan fingerprint density at radius 3 is 2.02 bits per heavy atom. The maximum atomic E-state index is 11.9. The summed E-state index contributed by atoms with van der Waals surface area (Å²) in [4.78, 5) is 11.7. The number of thiazole rings is 1. The lowest BCUT2D eigenvalue weighted by Gasteiger charge is -2.12. The molecule has 1 saturated heterocycles. The summed E-state index contributed by atoms with van der Waals surface area (Å²) in [6.45, 7) is 6.61. The molecule has 49 heavy (non-hydrogen) atoms. The van der Waals surface area contributed by atoms with Crippen molar-refractivity contribution in [2.24, 2.45) is 0 Å². The van der Waals surface area contributed by atoms with Crippen LogP contribution in [0.1, 0.15) is 141 Å². The van der Waals surface area contributed by atoms with Crippen LogP contribution in [0.4, 0.5) is 4.79 Å². The molecule has 1 fully saturated rings. The molecular formula is C38H64N2O7S2. The van der Waals surface area contributed by atoms with E-state index in [-0.39, 0.29) is 30.0 Å². The second-order valence-corrected chi connectivity index (χ2v) is 15.4. The Morgan fingerprint density at radius 2 is 1.45 bits per heavy atom. The highest BCUT2D eigenvalue weighted by Crippen LogP contribution is 2.19. The monoisotopic (exact) mass is 724 g/mol. The van der Waals surface area contributed by atoms with E-state index in [0.29, 0.717) is 13.2 Å². The Balaban J connectivity index is 0.000000639. The predicted molar refractivity (Wildman–Crippen MR) is 196 cm³/mol. The maximum absolute atomic E-state index is 11.9. The molecule has 1 aromatic carbocycles. The van der Waals surface area contributed by atoms with Crippen molar-refractivity contribution in [3.8, 4) is 0 Å². The average molecular weight is 725 g/mol. The number of aromatic nitrogens is 1. The van der Waals surface area contributed by atoms with E-state index in [1.807, 2.05) is 6.92 Å². The van der Waals surface area contributed by atoms with Gasteiger partial charge in [0.25, 0.3) is 0 Å². The first-order chi connectivity index (χ1) is 23.8. The van der Waals surface area contributed by atoms with E-state index in [1.165, 1.54) is 115 Å². The van der Waals surface area contributed by atoms with Crippen molar-refractivity contribution in [1.82, 2.24) is 5.32 Å². The molecule has 1 amide bonds. The van der Waals surface area contributed by atoms with Gasteiger partial charge in [-0.25, -0.2) is 13.2 Å². The highest BCUT2D eigenvalue weighted by atomic mass is 32.2. The van der Waals surface area contributed by atoms with Crippen LogP contribution in [0.5, 0.6) is 0 Å². The van der Waals surface area contributed by atoms with Gasteiger partial charge < -0.3 is 24.1 Å². The van der Waals surface area contributed by atoms with Crippen molar-refractivity contribution in [1.29, 1.82) is 0 Å². The highest BCUT2D eigenvalue weighted by molar-refractivity contribution is 7.85. The van der Waals surface area contributed by atoms with Crippen molar-refractivity contribution in [3.05, 3.63) is 46.9 Å². The molecule has 3 rings (SSSR count). The number of alkyl carbamates (subject to hydrolysis) is 1. The van der Waals surface area contributed by atoms with Gasteiger partial charge in [0.05, 0.1) is 16.9 Å². The number of nitrogens with zero attached hydrogens (tertiary/aromatic N) is 1. The smallest absolute Gasteiger partial charge is 0.407 e. The topological polar surface area (TPSA) is 118 Å². The summed E-state index contributed by atoms with van der Waals surface area (Å²) >= 11 is 1.72. The molecule has 2 aromatic rings. The number of hydrogen-bond acceptors (Lipinski definition) is 8. The van der Waals surface area contributed by atoms with E-state index >= 15 is 0 Å². The fourth-order valence-corrected chi connectivity index (χ4v) is 6.80. The summed E-state index contributed by atoms with van der Waals surface area (Å²) in [7, 11) is -4.27. The lowest BCUT2D eigenvalue weighted by atomic mass is 10.0. The van der Waals surface area contributed by atoms with Crippen LogP contribution >= 0.6 is 11.3 Å². The summed E-state index contributed by atoms with van der Waals surface area (Å²) in [5.74, 6) is 0. The lowest BCUT2D eigenvalue weighted by molar-refractivity contribution is -0.692. The van der Waals surface area contributed by atoms with E-state index in [1.54, 1.807) is 23.5 Å². The molecular weight excluding hydrogens is 661 g/mol. The Hall–Kier alpha value is -2.05. The van der Waals surface area contributed by atoms with Gasteiger partial charge in [0.15, 0.2) is 12.5 Å². The molecule has 1 aliphatic rings. The number of hydrogen-bond donors (Lipinski definition) is 1. The van der Waals surface area contributed by atoms with Crippen LogP contribution in [0.25, 0.3) is 0 Å². The van der Waals surface area contributed by atoms with Crippen molar-refractivity contribution < 1.29 is 36.5 Å². The molecule has 2 heterocycles. The van der Waals surface area contributed by atoms with E-state index in [0.717, 1.165) is 37.8 Å². The van der Waals surface area contributed by atoms with E-state index in [4.69, 9.17) is 14.2 Å². The Bertz CT molecular complexity index is 1180. The molecule has 0 spiro atoms. The zero-order chi connectivity index (χ0) is 35.4. The first-order valence-electron chi connectivity index (χ1n) is 18.9. The number of rotatable bonds is 26. The maximum Gasteiger partial charge on any atom is 0.407 e.